The van der Waals surface area contributed by atoms with Crippen LogP contribution in [0.3, 0.4) is 0 Å². The summed E-state index contributed by atoms with van der Waals surface area (Å²) in [6.07, 6.45) is 6.83. The number of benzene rings is 3. The molecule has 1 saturated heterocycles. The van der Waals surface area contributed by atoms with Gasteiger partial charge < -0.3 is 0 Å². The number of hydrogen-bond acceptors (Lipinski definition) is 1. The summed E-state index contributed by atoms with van der Waals surface area (Å²) in [5, 5.41) is 0. The Balaban J connectivity index is 0.00000205. The molecule has 29 heavy (non-hydrogen) atoms. The van der Waals surface area contributed by atoms with E-state index in [0.717, 1.165) is 32.5 Å². The Morgan fingerprint density at radius 2 is 1.14 bits per heavy atom. The molecule has 3 aromatic rings. The molecular formula is C27H26ClN. The van der Waals surface area contributed by atoms with Gasteiger partial charge in [0.15, 0.2) is 0 Å². The van der Waals surface area contributed by atoms with Crippen molar-refractivity contribution in [1.29, 1.82) is 0 Å². The lowest BCUT2D eigenvalue weighted by atomic mass is 9.86. The second kappa shape index (κ2) is 8.82. The first-order valence-corrected chi connectivity index (χ1v) is 10.2. The minimum absolute atomic E-state index is 0. The number of likely N-dealkylation sites (tertiary alicyclic amines) is 1. The van der Waals surface area contributed by atoms with Crippen LogP contribution in [0.25, 0.3) is 17.7 Å². The van der Waals surface area contributed by atoms with Gasteiger partial charge in [0, 0.05) is 19.6 Å². The van der Waals surface area contributed by atoms with Crippen LogP contribution in [-0.4, -0.2) is 18.0 Å². The van der Waals surface area contributed by atoms with E-state index >= 15 is 0 Å². The molecule has 0 bridgehead atoms. The van der Waals surface area contributed by atoms with Crippen molar-refractivity contribution in [2.75, 3.05) is 13.1 Å². The molecule has 1 heterocycles. The van der Waals surface area contributed by atoms with E-state index in [0.29, 0.717) is 0 Å². The maximum Gasteiger partial charge on any atom is 0.0233 e. The molecule has 0 unspecified atom stereocenters. The molecular weight excluding hydrogens is 374 g/mol. The molecule has 0 atom stereocenters. The summed E-state index contributed by atoms with van der Waals surface area (Å²) < 4.78 is 0. The largest absolute Gasteiger partial charge is 0.298 e. The average Bonchev–Trinajstić information content (AvgIpc) is 2.92. The van der Waals surface area contributed by atoms with Crippen molar-refractivity contribution in [2.45, 2.75) is 19.4 Å². The lowest BCUT2D eigenvalue weighted by Crippen LogP contribution is -2.30. The number of halogens is 1. The molecule has 0 spiro atoms. The van der Waals surface area contributed by atoms with Crippen molar-refractivity contribution in [3.8, 4) is 0 Å². The van der Waals surface area contributed by atoms with Gasteiger partial charge in [0.05, 0.1) is 0 Å². The maximum atomic E-state index is 2.59. The second-order valence-electron chi connectivity index (χ2n) is 7.75. The van der Waals surface area contributed by atoms with E-state index in [9.17, 15) is 0 Å². The summed E-state index contributed by atoms with van der Waals surface area (Å²) >= 11 is 0. The normalized spacial score (nSPS) is 15.9. The van der Waals surface area contributed by atoms with Crippen LogP contribution in [-0.2, 0) is 6.54 Å². The minimum atomic E-state index is 0. The van der Waals surface area contributed by atoms with Crippen molar-refractivity contribution in [3.63, 3.8) is 0 Å². The van der Waals surface area contributed by atoms with Gasteiger partial charge in [0.25, 0.3) is 0 Å². The first-order valence-electron chi connectivity index (χ1n) is 10.2. The molecule has 0 radical (unpaired) electrons. The molecule has 3 aromatic carbocycles. The Hall–Kier alpha value is -2.61. The Kier molecular flexibility index (Phi) is 5.99. The Bertz CT molecular complexity index is 987. The molecule has 0 saturated carbocycles. The van der Waals surface area contributed by atoms with E-state index in [1.54, 1.807) is 5.57 Å². The monoisotopic (exact) mass is 399 g/mol. The number of hydrogen-bond donors (Lipinski definition) is 0. The first kappa shape index (κ1) is 19.7. The summed E-state index contributed by atoms with van der Waals surface area (Å²) in [4.78, 5) is 2.59. The quantitative estimate of drug-likeness (QED) is 0.363. The average molecular weight is 400 g/mol. The molecule has 2 aliphatic rings. The van der Waals surface area contributed by atoms with E-state index < -0.39 is 0 Å². The van der Waals surface area contributed by atoms with Crippen LogP contribution in [0, 0.1) is 0 Å². The zero-order valence-corrected chi connectivity index (χ0v) is 17.4. The van der Waals surface area contributed by atoms with Crippen molar-refractivity contribution in [2.24, 2.45) is 0 Å². The Morgan fingerprint density at radius 3 is 1.72 bits per heavy atom. The van der Waals surface area contributed by atoms with E-state index in [2.05, 4.69) is 95.9 Å². The fraction of sp³-hybridized carbons (Fsp3) is 0.185. The summed E-state index contributed by atoms with van der Waals surface area (Å²) in [5.74, 6) is 0. The van der Waals surface area contributed by atoms with Crippen LogP contribution in [0.4, 0.5) is 0 Å². The van der Waals surface area contributed by atoms with Crippen LogP contribution in [0.1, 0.15) is 40.7 Å². The molecule has 146 valence electrons. The highest BCUT2D eigenvalue weighted by molar-refractivity contribution is 5.94. The summed E-state index contributed by atoms with van der Waals surface area (Å²) in [5.41, 5.74) is 9.91. The van der Waals surface area contributed by atoms with Gasteiger partial charge in [-0.2, -0.15) is 0 Å². The van der Waals surface area contributed by atoms with E-state index in [1.807, 2.05) is 0 Å². The van der Waals surface area contributed by atoms with Gasteiger partial charge in [-0.05, 0) is 46.2 Å². The predicted molar refractivity (Wildman–Crippen MR) is 126 cm³/mol. The number of nitrogens with zero attached hydrogens (tertiary/aromatic N) is 1. The molecule has 0 amide bonds. The minimum Gasteiger partial charge on any atom is -0.298 e. The zero-order chi connectivity index (χ0) is 18.8. The van der Waals surface area contributed by atoms with E-state index in [1.165, 1.54) is 33.4 Å². The SMILES string of the molecule is C1=Cc2ccccc2C(=C2CCN(Cc3ccccc3)CC2)c2ccccc21.Cl. The highest BCUT2D eigenvalue weighted by atomic mass is 35.5. The zero-order valence-electron chi connectivity index (χ0n) is 16.6. The van der Waals surface area contributed by atoms with Crippen LogP contribution in [0.2, 0.25) is 0 Å². The molecule has 5 rings (SSSR count). The third kappa shape index (κ3) is 4.07. The molecule has 1 aliphatic carbocycles. The second-order valence-corrected chi connectivity index (χ2v) is 7.75. The first-order chi connectivity index (χ1) is 13.9. The van der Waals surface area contributed by atoms with Gasteiger partial charge in [-0.1, -0.05) is 96.6 Å². The standard InChI is InChI=1S/C27H25N.ClH/c1-2-8-21(9-3-1)20-28-18-16-24(17-19-28)27-25-12-6-4-10-22(25)14-15-23-11-5-7-13-26(23)27;/h1-15H,16-20H2;1H. The number of piperidine rings is 1. The summed E-state index contributed by atoms with van der Waals surface area (Å²) in [6, 6.07) is 28.5. The molecule has 0 aromatic heterocycles. The smallest absolute Gasteiger partial charge is 0.0233 e. The van der Waals surface area contributed by atoms with Crippen molar-refractivity contribution >= 4 is 30.1 Å². The fourth-order valence-electron chi connectivity index (χ4n) is 4.52. The van der Waals surface area contributed by atoms with Crippen LogP contribution >= 0.6 is 12.4 Å². The summed E-state index contributed by atoms with van der Waals surface area (Å²) in [6.45, 7) is 3.31. The number of rotatable bonds is 2. The molecule has 1 nitrogen and oxygen atoms in total. The van der Waals surface area contributed by atoms with E-state index in [4.69, 9.17) is 0 Å². The maximum absolute atomic E-state index is 2.59. The van der Waals surface area contributed by atoms with Crippen molar-refractivity contribution in [3.05, 3.63) is 112 Å². The molecule has 1 aliphatic heterocycles. The molecule has 0 N–H and O–H groups in total. The van der Waals surface area contributed by atoms with Gasteiger partial charge >= 0.3 is 0 Å². The summed E-state index contributed by atoms with van der Waals surface area (Å²) in [7, 11) is 0. The predicted octanol–water partition coefficient (Wildman–Crippen LogP) is 6.69. The third-order valence-corrected chi connectivity index (χ3v) is 5.96. The molecule has 2 heteroatoms. The number of fused-ring (bicyclic) bond motifs is 2. The Morgan fingerprint density at radius 1 is 0.621 bits per heavy atom. The topological polar surface area (TPSA) is 3.24 Å². The van der Waals surface area contributed by atoms with Gasteiger partial charge in [0.2, 0.25) is 0 Å². The third-order valence-electron chi connectivity index (χ3n) is 5.96. The van der Waals surface area contributed by atoms with Gasteiger partial charge in [0.1, 0.15) is 0 Å². The molecule has 1 fully saturated rings. The lowest BCUT2D eigenvalue weighted by Gasteiger charge is -2.30. The Labute approximate surface area is 179 Å². The van der Waals surface area contributed by atoms with Gasteiger partial charge in [-0.3, -0.25) is 4.90 Å². The highest BCUT2D eigenvalue weighted by Gasteiger charge is 2.22. The van der Waals surface area contributed by atoms with E-state index in [-0.39, 0.29) is 12.4 Å². The van der Waals surface area contributed by atoms with Crippen molar-refractivity contribution in [1.82, 2.24) is 4.90 Å². The fourth-order valence-corrected chi connectivity index (χ4v) is 4.52. The van der Waals surface area contributed by atoms with Gasteiger partial charge in [-0.15, -0.1) is 12.4 Å². The van der Waals surface area contributed by atoms with Crippen LogP contribution < -0.4 is 0 Å². The van der Waals surface area contributed by atoms with Crippen LogP contribution in [0.5, 0.6) is 0 Å². The highest BCUT2D eigenvalue weighted by Crippen LogP contribution is 2.38. The lowest BCUT2D eigenvalue weighted by molar-refractivity contribution is 0.248. The van der Waals surface area contributed by atoms with Gasteiger partial charge in [-0.25, -0.2) is 0 Å². The van der Waals surface area contributed by atoms with Crippen LogP contribution in [0.15, 0.2) is 84.4 Å². The van der Waals surface area contributed by atoms with Crippen molar-refractivity contribution < 1.29 is 0 Å².